The highest BCUT2D eigenvalue weighted by Crippen LogP contribution is 2.48. The van der Waals surface area contributed by atoms with Crippen LogP contribution in [0.1, 0.15) is 32.1 Å². The van der Waals surface area contributed by atoms with Gasteiger partial charge in [0.15, 0.2) is 19.3 Å². The van der Waals surface area contributed by atoms with Gasteiger partial charge < -0.3 is 29.6 Å². The average molecular weight is 622 g/mol. The van der Waals surface area contributed by atoms with Gasteiger partial charge in [-0.05, 0) is 49.9 Å². The smallest absolute Gasteiger partial charge is 0.484 e. The molecule has 0 aromatic heterocycles. The molecule has 3 aliphatic carbocycles. The minimum atomic E-state index is -1.02. The van der Waals surface area contributed by atoms with Crippen molar-refractivity contribution in [2.45, 2.75) is 49.3 Å². The molecule has 9 nitrogen and oxygen atoms in total. The number of rotatable bonds is 10. The van der Waals surface area contributed by atoms with E-state index in [1.165, 1.54) is 24.3 Å². The summed E-state index contributed by atoms with van der Waals surface area (Å²) in [5.74, 6) is -2.09. The average Bonchev–Trinajstić information content (AvgIpc) is 2.91. The lowest BCUT2D eigenvalue weighted by atomic mass is 9.59. The summed E-state index contributed by atoms with van der Waals surface area (Å²) in [7, 11) is 0. The molecule has 3 fully saturated rings. The van der Waals surface area contributed by atoms with Crippen molar-refractivity contribution in [3.63, 3.8) is 0 Å². The van der Waals surface area contributed by atoms with E-state index in [0.29, 0.717) is 25.7 Å². The summed E-state index contributed by atoms with van der Waals surface area (Å²) >= 11 is 16.8. The summed E-state index contributed by atoms with van der Waals surface area (Å²) in [6, 6.07) is 7.20. The molecule has 5 rings (SSSR count). The first-order chi connectivity index (χ1) is 19.0. The molecule has 2 aromatic carbocycles. The summed E-state index contributed by atoms with van der Waals surface area (Å²) in [4.78, 5) is 37.7. The molecule has 14 heteroatoms. The highest BCUT2D eigenvalue weighted by molar-refractivity contribution is 6.31. The molecule has 3 saturated carbocycles. The van der Waals surface area contributed by atoms with Crippen LogP contribution in [0.5, 0.6) is 11.5 Å². The van der Waals surface area contributed by atoms with Gasteiger partial charge in [0.2, 0.25) is 0 Å². The number of fused-ring (bicyclic) bond motifs is 3. The topological polar surface area (TPSA) is 112 Å². The van der Waals surface area contributed by atoms with E-state index in [2.05, 4.69) is 10.6 Å². The largest absolute Gasteiger partial charge is 0.509 e. The number of carbonyl (C=O) groups excluding carboxylic acids is 3. The molecule has 2 bridgehead atoms. The zero-order chi connectivity index (χ0) is 28.9. The fourth-order valence-corrected chi connectivity index (χ4v) is 5.38. The van der Waals surface area contributed by atoms with Crippen molar-refractivity contribution in [3.8, 4) is 11.5 Å². The molecule has 40 heavy (non-hydrogen) atoms. The Kier molecular flexibility index (Phi) is 9.48. The second-order valence-electron chi connectivity index (χ2n) is 9.58. The molecule has 0 spiro atoms. The molecule has 2 aromatic rings. The minimum Gasteiger partial charge on any atom is -0.484 e. The second-order valence-corrected chi connectivity index (χ2v) is 10.6. The van der Waals surface area contributed by atoms with E-state index in [1.807, 2.05) is 0 Å². The number of hydrogen-bond donors (Lipinski definition) is 2. The van der Waals surface area contributed by atoms with Crippen molar-refractivity contribution in [1.82, 2.24) is 10.6 Å². The van der Waals surface area contributed by atoms with Crippen LogP contribution in [0.25, 0.3) is 0 Å². The maximum atomic E-state index is 13.7. The van der Waals surface area contributed by atoms with Crippen LogP contribution in [0.4, 0.5) is 13.6 Å². The summed E-state index contributed by atoms with van der Waals surface area (Å²) in [6.07, 6.45) is -0.0783. The third-order valence-electron chi connectivity index (χ3n) is 7.02. The number of nitrogens with one attached hydrogen (secondary N) is 2. The Bertz CT molecular complexity index is 1270. The molecule has 2 N–H and O–H groups in total. The lowest BCUT2D eigenvalue weighted by molar-refractivity contribution is -0.138. The van der Waals surface area contributed by atoms with E-state index < -0.39 is 59.5 Å². The summed E-state index contributed by atoms with van der Waals surface area (Å²) in [5.41, 5.74) is -1.71. The Morgan fingerprint density at radius 3 is 1.88 bits per heavy atom. The van der Waals surface area contributed by atoms with Crippen LogP contribution in [0.2, 0.25) is 10.0 Å². The fourth-order valence-electron chi connectivity index (χ4n) is 5.06. The first-order valence-corrected chi connectivity index (χ1v) is 13.5. The van der Waals surface area contributed by atoms with E-state index >= 15 is 0 Å². The predicted octanol–water partition coefficient (Wildman–Crippen LogP) is 5.14. The Morgan fingerprint density at radius 2 is 1.38 bits per heavy atom. The van der Waals surface area contributed by atoms with Crippen LogP contribution < -0.4 is 20.1 Å². The van der Waals surface area contributed by atoms with Crippen molar-refractivity contribution < 1.29 is 42.1 Å². The van der Waals surface area contributed by atoms with Crippen molar-refractivity contribution in [2.24, 2.45) is 0 Å². The summed E-state index contributed by atoms with van der Waals surface area (Å²) < 4.78 is 48.4. The van der Waals surface area contributed by atoms with Gasteiger partial charge in [-0.2, -0.15) is 0 Å². The standard InChI is InChI=1S/C26H25Cl3F2N2O7/c27-14-39-24(36)40-21-11-25(32-22(34)12-37-15-1-3-17(28)19(30)9-15)5-7-26(21,8-6-25)33-23(35)13-38-16-2-4-18(29)20(31)10-16/h1-4,9-10,21H,5-8,11-14H2,(H,32,34)(H,33,35). The molecule has 0 saturated heterocycles. The third-order valence-corrected chi connectivity index (χ3v) is 7.74. The van der Waals surface area contributed by atoms with E-state index in [1.54, 1.807) is 0 Å². The zero-order valence-corrected chi connectivity index (χ0v) is 23.2. The molecule has 216 valence electrons. The van der Waals surface area contributed by atoms with Gasteiger partial charge in [-0.3, -0.25) is 9.59 Å². The molecule has 1 unspecified atom stereocenters. The SMILES string of the molecule is O=C(COc1ccc(Cl)c(F)c1)NC12CCC(NC(=O)COc3ccc(Cl)c(F)c3)(CC1)C(OC(=O)OCCl)C2. The van der Waals surface area contributed by atoms with Gasteiger partial charge >= 0.3 is 6.16 Å². The van der Waals surface area contributed by atoms with Gasteiger partial charge in [0, 0.05) is 24.1 Å². The minimum absolute atomic E-state index is 0.0696. The molecule has 0 heterocycles. The number of halogens is 5. The molecular weight excluding hydrogens is 597 g/mol. The number of benzene rings is 2. The number of alkyl halides is 1. The van der Waals surface area contributed by atoms with Crippen LogP contribution >= 0.6 is 34.8 Å². The quantitative estimate of drug-likeness (QED) is 0.279. The van der Waals surface area contributed by atoms with Crippen LogP contribution in [0.3, 0.4) is 0 Å². The first-order valence-electron chi connectivity index (χ1n) is 12.2. The van der Waals surface area contributed by atoms with E-state index in [9.17, 15) is 23.2 Å². The van der Waals surface area contributed by atoms with E-state index in [0.717, 1.165) is 12.1 Å². The van der Waals surface area contributed by atoms with Gasteiger partial charge in [0.1, 0.15) is 29.2 Å². The predicted molar refractivity (Wildman–Crippen MR) is 141 cm³/mol. The Hall–Kier alpha value is -3.02. The molecule has 0 radical (unpaired) electrons. The fraction of sp³-hybridized carbons (Fsp3) is 0.423. The van der Waals surface area contributed by atoms with Crippen LogP contribution in [-0.4, -0.2) is 54.4 Å². The van der Waals surface area contributed by atoms with Crippen molar-refractivity contribution in [1.29, 1.82) is 0 Å². The lowest BCUT2D eigenvalue weighted by Crippen LogP contribution is -2.71. The van der Waals surface area contributed by atoms with Gasteiger partial charge in [0.05, 0.1) is 15.6 Å². The third kappa shape index (κ3) is 7.18. The number of carbonyl (C=O) groups is 3. The number of ether oxygens (including phenoxy) is 4. The highest BCUT2D eigenvalue weighted by atomic mass is 35.5. The summed E-state index contributed by atoms with van der Waals surface area (Å²) in [5, 5.41) is 5.71. The van der Waals surface area contributed by atoms with Crippen LogP contribution in [-0.2, 0) is 19.1 Å². The monoisotopic (exact) mass is 620 g/mol. The number of hydrogen-bond acceptors (Lipinski definition) is 7. The molecule has 0 aliphatic heterocycles. The van der Waals surface area contributed by atoms with Crippen molar-refractivity contribution in [3.05, 3.63) is 58.1 Å². The Balaban J connectivity index is 1.39. The maximum Gasteiger partial charge on any atom is 0.509 e. The Labute approximate surface area is 243 Å². The molecule has 1 atom stereocenters. The lowest BCUT2D eigenvalue weighted by Gasteiger charge is -2.56. The first kappa shape index (κ1) is 30.0. The highest BCUT2D eigenvalue weighted by Gasteiger charge is 2.57. The molecular formula is C26H25Cl3F2N2O7. The van der Waals surface area contributed by atoms with Crippen LogP contribution in [0.15, 0.2) is 36.4 Å². The molecule has 3 aliphatic rings. The summed E-state index contributed by atoms with van der Waals surface area (Å²) in [6.45, 7) is -0.806. The van der Waals surface area contributed by atoms with E-state index in [-0.39, 0.29) is 34.6 Å². The van der Waals surface area contributed by atoms with Crippen LogP contribution in [0, 0.1) is 11.6 Å². The van der Waals surface area contributed by atoms with Crippen molar-refractivity contribution >= 4 is 52.8 Å². The normalized spacial score (nSPS) is 23.2. The van der Waals surface area contributed by atoms with Gasteiger partial charge in [-0.25, -0.2) is 13.6 Å². The van der Waals surface area contributed by atoms with Crippen molar-refractivity contribution in [2.75, 3.05) is 19.3 Å². The van der Waals surface area contributed by atoms with Gasteiger partial charge in [-0.15, -0.1) is 0 Å². The maximum absolute atomic E-state index is 13.7. The van der Waals surface area contributed by atoms with Gasteiger partial charge in [-0.1, -0.05) is 34.8 Å². The Morgan fingerprint density at radius 1 is 0.850 bits per heavy atom. The number of amides is 2. The second kappa shape index (κ2) is 12.7. The van der Waals surface area contributed by atoms with Gasteiger partial charge in [0.25, 0.3) is 11.8 Å². The van der Waals surface area contributed by atoms with E-state index in [4.69, 9.17) is 53.8 Å². The molecule has 2 amide bonds. The zero-order valence-electron chi connectivity index (χ0n) is 20.9.